The maximum atomic E-state index is 11.2. The van der Waals surface area contributed by atoms with Crippen LogP contribution in [0.15, 0.2) is 18.2 Å². The minimum atomic E-state index is -0.880. The van der Waals surface area contributed by atoms with Crippen molar-refractivity contribution in [2.75, 3.05) is 13.1 Å². The first-order chi connectivity index (χ1) is 8.09. The van der Waals surface area contributed by atoms with Gasteiger partial charge in [0.15, 0.2) is 0 Å². The zero-order chi connectivity index (χ0) is 12.4. The minimum absolute atomic E-state index is 0. The zero-order valence-electron chi connectivity index (χ0n) is 10.1. The van der Waals surface area contributed by atoms with Crippen molar-refractivity contribution in [2.45, 2.75) is 19.3 Å². The lowest BCUT2D eigenvalue weighted by molar-refractivity contribution is 0.0695. The van der Waals surface area contributed by atoms with E-state index in [2.05, 4.69) is 12.2 Å². The smallest absolute Gasteiger partial charge is 0.335 e. The van der Waals surface area contributed by atoms with Gasteiger partial charge in [-0.25, -0.2) is 4.79 Å². The van der Waals surface area contributed by atoms with Crippen LogP contribution in [0.25, 0.3) is 0 Å². The highest BCUT2D eigenvalue weighted by atomic mass is 35.5. The summed E-state index contributed by atoms with van der Waals surface area (Å²) in [6, 6.07) is 5.01. The Morgan fingerprint density at radius 3 is 2.83 bits per heavy atom. The first kappa shape index (κ1) is 15.3. The summed E-state index contributed by atoms with van der Waals surface area (Å²) in [5, 5.41) is 13.1. The van der Waals surface area contributed by atoms with E-state index in [9.17, 15) is 9.90 Å². The number of rotatable bonds is 3. The fraction of sp³-hybridized carbons (Fsp3) is 0.462. The highest BCUT2D eigenvalue weighted by Crippen LogP contribution is 2.32. The van der Waals surface area contributed by atoms with Crippen LogP contribution in [0, 0.1) is 5.92 Å². The zero-order valence-corrected chi connectivity index (χ0v) is 11.7. The lowest BCUT2D eigenvalue weighted by atomic mass is 9.84. The van der Waals surface area contributed by atoms with Gasteiger partial charge in [-0.3, -0.25) is 0 Å². The van der Waals surface area contributed by atoms with Crippen molar-refractivity contribution in [1.82, 2.24) is 5.32 Å². The molecule has 0 bridgehead atoms. The Hall–Kier alpha value is -0.770. The Balaban J connectivity index is 0.00000162. The van der Waals surface area contributed by atoms with Gasteiger partial charge >= 0.3 is 5.97 Å². The van der Waals surface area contributed by atoms with E-state index < -0.39 is 5.97 Å². The summed E-state index contributed by atoms with van der Waals surface area (Å²) >= 11 is 5.96. The molecule has 2 unspecified atom stereocenters. The Morgan fingerprint density at radius 1 is 1.56 bits per heavy atom. The average Bonchev–Trinajstić information content (AvgIpc) is 2.80. The van der Waals surface area contributed by atoms with Gasteiger partial charge in [0.05, 0.1) is 5.56 Å². The molecule has 3 nitrogen and oxygen atoms in total. The van der Waals surface area contributed by atoms with E-state index in [-0.39, 0.29) is 18.3 Å². The molecule has 1 fully saturated rings. The minimum Gasteiger partial charge on any atom is -0.478 e. The summed E-state index contributed by atoms with van der Waals surface area (Å²) in [6.07, 6.45) is 1.09. The Morgan fingerprint density at radius 2 is 2.28 bits per heavy atom. The molecule has 100 valence electrons. The molecule has 1 saturated heterocycles. The van der Waals surface area contributed by atoms with Crippen molar-refractivity contribution in [3.63, 3.8) is 0 Å². The molecule has 2 atom stereocenters. The highest BCUT2D eigenvalue weighted by molar-refractivity contribution is 6.30. The van der Waals surface area contributed by atoms with Crippen molar-refractivity contribution >= 4 is 30.0 Å². The van der Waals surface area contributed by atoms with Gasteiger partial charge in [0.2, 0.25) is 0 Å². The lowest BCUT2D eigenvalue weighted by Crippen LogP contribution is -2.16. The molecule has 18 heavy (non-hydrogen) atoms. The molecule has 0 amide bonds. The van der Waals surface area contributed by atoms with E-state index in [1.54, 1.807) is 18.2 Å². The Bertz CT molecular complexity index is 431. The number of hydrogen-bond donors (Lipinski definition) is 2. The van der Waals surface area contributed by atoms with Crippen molar-refractivity contribution < 1.29 is 9.90 Å². The van der Waals surface area contributed by atoms with Crippen LogP contribution in [-0.2, 0) is 0 Å². The van der Waals surface area contributed by atoms with Crippen molar-refractivity contribution in [1.29, 1.82) is 0 Å². The maximum Gasteiger partial charge on any atom is 0.335 e. The van der Waals surface area contributed by atoms with Gasteiger partial charge in [-0.15, -0.1) is 12.4 Å². The molecule has 1 aromatic rings. The van der Waals surface area contributed by atoms with Gasteiger partial charge in [-0.1, -0.05) is 18.5 Å². The predicted molar refractivity (Wildman–Crippen MR) is 75.1 cm³/mol. The predicted octanol–water partition coefficient (Wildman–Crippen LogP) is 3.17. The van der Waals surface area contributed by atoms with Crippen LogP contribution in [0.3, 0.4) is 0 Å². The van der Waals surface area contributed by atoms with Crippen LogP contribution in [-0.4, -0.2) is 24.2 Å². The molecular formula is C13H17Cl2NO2. The van der Waals surface area contributed by atoms with Gasteiger partial charge in [0.1, 0.15) is 0 Å². The monoisotopic (exact) mass is 289 g/mol. The molecule has 5 heteroatoms. The van der Waals surface area contributed by atoms with Crippen LogP contribution in [0.1, 0.15) is 35.2 Å². The summed E-state index contributed by atoms with van der Waals surface area (Å²) in [4.78, 5) is 11.2. The standard InChI is InChI=1S/C13H16ClNO2.ClH/c1-8(9-4-5-15-7-9)12-6-10(14)2-3-11(12)13(16)17;/h2-3,6,8-9,15H,4-5,7H2,1H3,(H,16,17);1H. The van der Waals surface area contributed by atoms with Gasteiger partial charge in [0, 0.05) is 5.02 Å². The fourth-order valence-electron chi connectivity index (χ4n) is 2.46. The Labute approximate surface area is 118 Å². The van der Waals surface area contributed by atoms with Crippen LogP contribution < -0.4 is 5.32 Å². The normalized spacial score (nSPS) is 20.2. The number of carboxylic acid groups (broad SMARTS) is 1. The molecule has 1 aromatic carbocycles. The molecule has 0 radical (unpaired) electrons. The quantitative estimate of drug-likeness (QED) is 0.899. The SMILES string of the molecule is CC(c1cc(Cl)ccc1C(=O)O)C1CCNC1.Cl. The van der Waals surface area contributed by atoms with Crippen LogP contribution in [0.2, 0.25) is 5.02 Å². The molecule has 0 aliphatic carbocycles. The van der Waals surface area contributed by atoms with E-state index in [4.69, 9.17) is 11.6 Å². The molecule has 2 rings (SSSR count). The topological polar surface area (TPSA) is 49.3 Å². The number of halogens is 2. The summed E-state index contributed by atoms with van der Waals surface area (Å²) in [7, 11) is 0. The molecule has 0 aromatic heterocycles. The van der Waals surface area contributed by atoms with Crippen molar-refractivity contribution in [3.05, 3.63) is 34.3 Å². The van der Waals surface area contributed by atoms with Crippen molar-refractivity contribution in [3.8, 4) is 0 Å². The number of benzene rings is 1. The second-order valence-corrected chi connectivity index (χ2v) is 5.01. The van der Waals surface area contributed by atoms with E-state index in [0.29, 0.717) is 16.5 Å². The first-order valence-corrected chi connectivity index (χ1v) is 6.21. The molecule has 1 aliphatic rings. The molecule has 2 N–H and O–H groups in total. The summed E-state index contributed by atoms with van der Waals surface area (Å²) in [5.74, 6) is -0.171. The molecular weight excluding hydrogens is 273 g/mol. The number of carboxylic acids is 1. The van der Waals surface area contributed by atoms with Crippen LogP contribution in [0.5, 0.6) is 0 Å². The second kappa shape index (κ2) is 6.41. The summed E-state index contributed by atoms with van der Waals surface area (Å²) in [5.41, 5.74) is 1.22. The van der Waals surface area contributed by atoms with Gasteiger partial charge in [-0.05, 0) is 55.1 Å². The average molecular weight is 290 g/mol. The summed E-state index contributed by atoms with van der Waals surface area (Å²) < 4.78 is 0. The largest absolute Gasteiger partial charge is 0.478 e. The van der Waals surface area contributed by atoms with Gasteiger partial charge < -0.3 is 10.4 Å². The van der Waals surface area contributed by atoms with E-state index >= 15 is 0 Å². The number of nitrogens with one attached hydrogen (secondary N) is 1. The van der Waals surface area contributed by atoms with Crippen LogP contribution >= 0.6 is 24.0 Å². The molecule has 1 aliphatic heterocycles. The Kier molecular flexibility index (Phi) is 5.45. The lowest BCUT2D eigenvalue weighted by Gasteiger charge is -2.20. The van der Waals surface area contributed by atoms with Crippen molar-refractivity contribution in [2.24, 2.45) is 5.92 Å². The second-order valence-electron chi connectivity index (χ2n) is 4.58. The summed E-state index contributed by atoms with van der Waals surface area (Å²) in [6.45, 7) is 4.04. The van der Waals surface area contributed by atoms with Gasteiger partial charge in [-0.2, -0.15) is 0 Å². The maximum absolute atomic E-state index is 11.2. The molecule has 0 saturated carbocycles. The highest BCUT2D eigenvalue weighted by Gasteiger charge is 2.25. The molecule has 1 heterocycles. The third kappa shape index (κ3) is 3.16. The van der Waals surface area contributed by atoms with E-state index in [1.165, 1.54) is 0 Å². The van der Waals surface area contributed by atoms with Gasteiger partial charge in [0.25, 0.3) is 0 Å². The number of aromatic carboxylic acids is 1. The van der Waals surface area contributed by atoms with E-state index in [0.717, 1.165) is 25.1 Å². The number of carbonyl (C=O) groups is 1. The first-order valence-electron chi connectivity index (χ1n) is 5.83. The molecule has 0 spiro atoms. The van der Waals surface area contributed by atoms with Crippen LogP contribution in [0.4, 0.5) is 0 Å². The number of hydrogen-bond acceptors (Lipinski definition) is 2. The fourth-order valence-corrected chi connectivity index (χ4v) is 2.64. The third-order valence-corrected chi connectivity index (χ3v) is 3.78. The third-order valence-electron chi connectivity index (χ3n) is 3.54. The van der Waals surface area contributed by atoms with E-state index in [1.807, 2.05) is 0 Å².